The first-order chi connectivity index (χ1) is 13.1. The lowest BCUT2D eigenvalue weighted by molar-refractivity contribution is -0.384. The van der Waals surface area contributed by atoms with Crippen molar-refractivity contribution < 1.29 is 28.8 Å². The van der Waals surface area contributed by atoms with E-state index in [0.717, 1.165) is 0 Å². The van der Waals surface area contributed by atoms with Crippen LogP contribution in [0, 0.1) is 10.1 Å². The fourth-order valence-electron chi connectivity index (χ4n) is 2.36. The number of ketones is 1. The topological polar surface area (TPSA) is 130 Å². The first kappa shape index (κ1) is 20.6. The van der Waals surface area contributed by atoms with Crippen molar-refractivity contribution in [2.75, 3.05) is 12.4 Å². The molecule has 0 saturated heterocycles. The van der Waals surface area contributed by atoms with Gasteiger partial charge >= 0.3 is 5.97 Å². The fourth-order valence-corrected chi connectivity index (χ4v) is 2.36. The molecule has 2 aromatic rings. The first-order valence-corrected chi connectivity index (χ1v) is 8.15. The summed E-state index contributed by atoms with van der Waals surface area (Å²) in [6.45, 7) is 2.69. The number of rotatable bonds is 7. The highest BCUT2D eigenvalue weighted by molar-refractivity contribution is 6.00. The third kappa shape index (κ3) is 4.53. The minimum Gasteiger partial charge on any atom is -0.496 e. The van der Waals surface area contributed by atoms with Crippen molar-refractivity contribution in [1.82, 2.24) is 4.57 Å². The molecule has 0 radical (unpaired) electrons. The fraction of sp³-hybridized carbons (Fsp3) is 0.278. The van der Waals surface area contributed by atoms with Gasteiger partial charge in [0.2, 0.25) is 0 Å². The standard InChI is InChI=1S/C18H19N3O7/c1-10(22)12-7-16(20(3)9-12)18(24)28-11(2)17(23)19-14-6-5-13(27-4)8-15(14)21(25)26/h5-9,11H,1-4H3,(H,19,23)/t11-/m1/s1. The highest BCUT2D eigenvalue weighted by Crippen LogP contribution is 2.29. The number of nitro benzene ring substituents is 1. The van der Waals surface area contributed by atoms with Crippen LogP contribution in [0.15, 0.2) is 30.5 Å². The van der Waals surface area contributed by atoms with Crippen molar-refractivity contribution in [3.8, 4) is 5.75 Å². The van der Waals surface area contributed by atoms with E-state index in [1.54, 1.807) is 7.05 Å². The molecule has 1 heterocycles. The van der Waals surface area contributed by atoms with Crippen molar-refractivity contribution >= 4 is 29.0 Å². The second-order valence-corrected chi connectivity index (χ2v) is 5.96. The van der Waals surface area contributed by atoms with Gasteiger partial charge in [-0.2, -0.15) is 0 Å². The van der Waals surface area contributed by atoms with E-state index >= 15 is 0 Å². The second-order valence-electron chi connectivity index (χ2n) is 5.96. The molecule has 2 rings (SSSR count). The van der Waals surface area contributed by atoms with Gasteiger partial charge in [-0.25, -0.2) is 4.79 Å². The Kier molecular flexibility index (Phi) is 6.14. The summed E-state index contributed by atoms with van der Waals surface area (Å²) in [6.07, 6.45) is 0.245. The largest absolute Gasteiger partial charge is 0.496 e. The number of benzene rings is 1. The number of esters is 1. The number of nitro groups is 1. The quantitative estimate of drug-likeness (QED) is 0.333. The van der Waals surface area contributed by atoms with Crippen molar-refractivity contribution in [1.29, 1.82) is 0 Å². The number of hydrogen-bond donors (Lipinski definition) is 1. The number of carbonyl (C=O) groups excluding carboxylic acids is 3. The number of carbonyl (C=O) groups is 3. The minimum absolute atomic E-state index is 0.0589. The summed E-state index contributed by atoms with van der Waals surface area (Å²) in [6, 6.07) is 5.30. The van der Waals surface area contributed by atoms with Gasteiger partial charge in [-0.15, -0.1) is 0 Å². The SMILES string of the molecule is COc1ccc(NC(=O)[C@@H](C)OC(=O)c2cc(C(C)=O)cn2C)c([N+](=O)[O-])c1. The summed E-state index contributed by atoms with van der Waals surface area (Å²) in [5.41, 5.74) is 0.0110. The monoisotopic (exact) mass is 389 g/mol. The van der Waals surface area contributed by atoms with Crippen molar-refractivity contribution in [2.24, 2.45) is 7.05 Å². The van der Waals surface area contributed by atoms with E-state index in [4.69, 9.17) is 9.47 Å². The van der Waals surface area contributed by atoms with E-state index < -0.39 is 22.9 Å². The summed E-state index contributed by atoms with van der Waals surface area (Å²) < 4.78 is 11.5. The lowest BCUT2D eigenvalue weighted by Gasteiger charge is -2.14. The molecule has 1 aromatic heterocycles. The predicted molar refractivity (Wildman–Crippen MR) is 98.6 cm³/mol. The molecule has 1 amide bonds. The average Bonchev–Trinajstić information content (AvgIpc) is 3.03. The molecule has 0 fully saturated rings. The maximum Gasteiger partial charge on any atom is 0.355 e. The molecule has 0 saturated carbocycles. The molecule has 0 aliphatic rings. The molecule has 1 aromatic carbocycles. The second kappa shape index (κ2) is 8.33. The van der Waals surface area contributed by atoms with Gasteiger partial charge in [0.15, 0.2) is 11.9 Å². The lowest BCUT2D eigenvalue weighted by Crippen LogP contribution is -2.30. The van der Waals surface area contributed by atoms with Crippen LogP contribution in [0.1, 0.15) is 34.7 Å². The average molecular weight is 389 g/mol. The van der Waals surface area contributed by atoms with Gasteiger partial charge in [-0.3, -0.25) is 19.7 Å². The smallest absolute Gasteiger partial charge is 0.355 e. The normalized spacial score (nSPS) is 11.4. The zero-order valence-corrected chi connectivity index (χ0v) is 15.7. The molecule has 10 heteroatoms. The van der Waals surface area contributed by atoms with E-state index in [1.165, 1.54) is 56.0 Å². The number of ether oxygens (including phenoxy) is 2. The number of aryl methyl sites for hydroxylation is 1. The molecule has 148 valence electrons. The van der Waals surface area contributed by atoms with Crippen molar-refractivity contribution in [3.63, 3.8) is 0 Å². The number of nitrogens with zero attached hydrogens (tertiary/aromatic N) is 2. The van der Waals surface area contributed by atoms with Gasteiger partial charge in [0, 0.05) is 18.8 Å². The van der Waals surface area contributed by atoms with Crippen LogP contribution in [-0.2, 0) is 16.6 Å². The van der Waals surface area contributed by atoms with E-state index in [0.29, 0.717) is 5.56 Å². The number of methoxy groups -OCH3 is 1. The summed E-state index contributed by atoms with van der Waals surface area (Å²) in [5, 5.41) is 13.5. The van der Waals surface area contributed by atoms with E-state index in [1.807, 2.05) is 0 Å². The van der Waals surface area contributed by atoms with Crippen molar-refractivity contribution in [2.45, 2.75) is 20.0 Å². The summed E-state index contributed by atoms with van der Waals surface area (Å²) >= 11 is 0. The number of nitrogens with one attached hydrogen (secondary N) is 1. The molecule has 0 unspecified atom stereocenters. The van der Waals surface area contributed by atoms with Gasteiger partial charge in [0.1, 0.15) is 17.1 Å². The van der Waals surface area contributed by atoms with Crippen LogP contribution < -0.4 is 10.1 Å². The molecular formula is C18H19N3O7. The molecule has 0 spiro atoms. The minimum atomic E-state index is -1.23. The van der Waals surface area contributed by atoms with Crippen LogP contribution in [0.4, 0.5) is 11.4 Å². The maximum absolute atomic E-state index is 12.3. The summed E-state index contributed by atoms with van der Waals surface area (Å²) in [4.78, 5) is 46.5. The number of anilines is 1. The van der Waals surface area contributed by atoms with Crippen LogP contribution >= 0.6 is 0 Å². The molecule has 0 aliphatic carbocycles. The molecule has 0 bridgehead atoms. The van der Waals surface area contributed by atoms with Gasteiger partial charge in [0.05, 0.1) is 18.1 Å². The number of amides is 1. The number of aromatic nitrogens is 1. The summed E-state index contributed by atoms with van der Waals surface area (Å²) in [5.74, 6) is -1.51. The van der Waals surface area contributed by atoms with Crippen LogP contribution in [0.25, 0.3) is 0 Å². The highest BCUT2D eigenvalue weighted by atomic mass is 16.6. The Hall–Kier alpha value is -3.69. The van der Waals surface area contributed by atoms with Crippen molar-refractivity contribution in [3.05, 3.63) is 51.8 Å². The maximum atomic E-state index is 12.3. The van der Waals surface area contributed by atoms with Gasteiger partial charge < -0.3 is 19.4 Å². The third-order valence-corrected chi connectivity index (χ3v) is 3.93. The Labute approximate surface area is 160 Å². The zero-order chi connectivity index (χ0) is 21.0. The molecular weight excluding hydrogens is 370 g/mol. The van der Waals surface area contributed by atoms with E-state index in [9.17, 15) is 24.5 Å². The van der Waals surface area contributed by atoms with Crippen LogP contribution in [0.2, 0.25) is 0 Å². The first-order valence-electron chi connectivity index (χ1n) is 8.15. The Bertz CT molecular complexity index is 949. The van der Waals surface area contributed by atoms with Crippen LogP contribution in [-0.4, -0.2) is 40.4 Å². The Morgan fingerprint density at radius 1 is 1.25 bits per heavy atom. The Morgan fingerprint density at radius 2 is 1.93 bits per heavy atom. The molecule has 28 heavy (non-hydrogen) atoms. The van der Waals surface area contributed by atoms with E-state index in [2.05, 4.69) is 5.32 Å². The number of Topliss-reactive ketones (excluding diaryl/α,β-unsaturated/α-hetero) is 1. The van der Waals surface area contributed by atoms with Crippen LogP contribution in [0.3, 0.4) is 0 Å². The summed E-state index contributed by atoms with van der Waals surface area (Å²) in [7, 11) is 2.93. The Balaban J connectivity index is 2.12. The zero-order valence-electron chi connectivity index (χ0n) is 15.7. The molecule has 10 nitrogen and oxygen atoms in total. The molecule has 1 atom stereocenters. The lowest BCUT2D eigenvalue weighted by atomic mass is 10.2. The van der Waals surface area contributed by atoms with E-state index in [-0.39, 0.29) is 28.6 Å². The van der Waals surface area contributed by atoms with Gasteiger partial charge in [-0.05, 0) is 32.0 Å². The highest BCUT2D eigenvalue weighted by Gasteiger charge is 2.24. The number of hydrogen-bond acceptors (Lipinski definition) is 7. The van der Waals surface area contributed by atoms with Crippen LogP contribution in [0.5, 0.6) is 5.75 Å². The van der Waals surface area contributed by atoms with Gasteiger partial charge in [-0.1, -0.05) is 0 Å². The molecule has 1 N–H and O–H groups in total. The molecule has 0 aliphatic heterocycles. The predicted octanol–water partition coefficient (Wildman–Crippen LogP) is 2.33. The third-order valence-electron chi connectivity index (χ3n) is 3.93. The van der Waals surface area contributed by atoms with Gasteiger partial charge in [0.25, 0.3) is 11.6 Å². The Morgan fingerprint density at radius 3 is 2.46 bits per heavy atom.